The number of amides is 2. The van der Waals surface area contributed by atoms with E-state index in [1.807, 2.05) is 42.5 Å². The van der Waals surface area contributed by atoms with Crippen LogP contribution in [0.2, 0.25) is 0 Å². The molecule has 0 aromatic heterocycles. The highest BCUT2D eigenvalue weighted by molar-refractivity contribution is 7.92. The number of carbonyl (C=O) groups is 1. The maximum atomic E-state index is 13.1. The molecule has 1 N–H and O–H groups in total. The summed E-state index contributed by atoms with van der Waals surface area (Å²) in [6.45, 7) is 4.77. The van der Waals surface area contributed by atoms with E-state index in [0.717, 1.165) is 27.3 Å². The fourth-order valence-corrected chi connectivity index (χ4v) is 4.29. The quantitative estimate of drug-likeness (QED) is 0.651. The van der Waals surface area contributed by atoms with Crippen molar-refractivity contribution in [2.45, 2.75) is 12.5 Å². The van der Waals surface area contributed by atoms with Gasteiger partial charge >= 0.3 is 6.03 Å². The fourth-order valence-electron chi connectivity index (χ4n) is 3.75. The number of sulfonamides is 1. The van der Waals surface area contributed by atoms with E-state index in [2.05, 4.69) is 11.4 Å². The summed E-state index contributed by atoms with van der Waals surface area (Å²) in [5.74, 6) is 2.02. The molecule has 9 nitrogen and oxygen atoms in total. The van der Waals surface area contributed by atoms with E-state index in [9.17, 15) is 13.2 Å². The summed E-state index contributed by atoms with van der Waals surface area (Å²) in [7, 11) is -2.21. The maximum absolute atomic E-state index is 13.1. The van der Waals surface area contributed by atoms with Crippen molar-refractivity contribution in [2.24, 2.45) is 0 Å². The average Bonchev–Trinajstić information content (AvgIpc) is 3.12. The van der Waals surface area contributed by atoms with Gasteiger partial charge in [-0.05, 0) is 41.8 Å². The molecular formula is C22H25N3O6S. The Hall–Kier alpha value is -3.24. The van der Waals surface area contributed by atoms with E-state index in [4.69, 9.17) is 14.2 Å². The van der Waals surface area contributed by atoms with Crippen molar-refractivity contribution in [1.82, 2.24) is 14.7 Å². The van der Waals surface area contributed by atoms with E-state index in [1.54, 1.807) is 12.0 Å². The van der Waals surface area contributed by atoms with Crippen LogP contribution in [0.4, 0.5) is 4.79 Å². The Bertz CT molecular complexity index is 1100. The molecule has 2 aliphatic heterocycles. The van der Waals surface area contributed by atoms with Crippen LogP contribution in [0.3, 0.4) is 0 Å². The van der Waals surface area contributed by atoms with Crippen LogP contribution in [0, 0.1) is 0 Å². The van der Waals surface area contributed by atoms with Gasteiger partial charge in [0.05, 0.1) is 19.7 Å². The Morgan fingerprint density at radius 3 is 2.56 bits per heavy atom. The van der Waals surface area contributed by atoms with Gasteiger partial charge in [0.1, 0.15) is 19.0 Å². The van der Waals surface area contributed by atoms with Crippen molar-refractivity contribution in [3.8, 4) is 17.2 Å². The van der Waals surface area contributed by atoms with Crippen LogP contribution in [0.1, 0.15) is 17.2 Å². The molecule has 2 aromatic carbocycles. The van der Waals surface area contributed by atoms with Crippen LogP contribution in [-0.4, -0.2) is 57.8 Å². The zero-order valence-corrected chi connectivity index (χ0v) is 18.5. The largest absolute Gasteiger partial charge is 0.497 e. The third kappa shape index (κ3) is 4.66. The summed E-state index contributed by atoms with van der Waals surface area (Å²) in [4.78, 5) is 17.0. The van der Waals surface area contributed by atoms with Gasteiger partial charge < -0.3 is 19.1 Å². The molecule has 2 aromatic rings. The molecule has 1 unspecified atom stereocenters. The first-order chi connectivity index (χ1) is 15.4. The molecule has 10 heteroatoms. The highest BCUT2D eigenvalue weighted by atomic mass is 32.2. The fraction of sp³-hybridized carbons (Fsp3) is 0.318. The SMILES string of the molecule is C=CS(=O)(=O)NN1CC(c2ccc3c(c2)OCCO3)N(CCc2ccc(OC)cc2)C1=O. The number of carbonyl (C=O) groups excluding carboxylic acids is 1. The Morgan fingerprint density at radius 2 is 1.88 bits per heavy atom. The molecule has 4 rings (SSSR count). The van der Waals surface area contributed by atoms with Crippen molar-refractivity contribution < 1.29 is 27.4 Å². The van der Waals surface area contributed by atoms with Crippen molar-refractivity contribution in [3.05, 3.63) is 65.6 Å². The number of nitrogens with zero attached hydrogens (tertiary/aromatic N) is 2. The standard InChI is InChI=1S/C22H25N3O6S/c1-3-32(27,28)23-25-15-19(17-6-9-20-21(14-17)31-13-12-30-20)24(22(25)26)11-10-16-4-7-18(29-2)8-5-16/h3-9,14,19,23H,1,10-13,15H2,2H3. The van der Waals surface area contributed by atoms with E-state index >= 15 is 0 Å². The number of hydrazine groups is 1. The number of fused-ring (bicyclic) bond motifs is 1. The van der Waals surface area contributed by atoms with E-state index < -0.39 is 16.1 Å². The number of rotatable bonds is 8. The Kier molecular flexibility index (Phi) is 6.24. The average molecular weight is 460 g/mol. The monoisotopic (exact) mass is 459 g/mol. The highest BCUT2D eigenvalue weighted by Crippen LogP contribution is 2.36. The van der Waals surface area contributed by atoms with Gasteiger partial charge in [-0.25, -0.2) is 18.2 Å². The molecule has 0 aliphatic carbocycles. The lowest BCUT2D eigenvalue weighted by molar-refractivity contribution is 0.170. The number of methoxy groups -OCH3 is 1. The summed E-state index contributed by atoms with van der Waals surface area (Å²) in [6.07, 6.45) is 0.596. The Labute approximate surface area is 187 Å². The highest BCUT2D eigenvalue weighted by Gasteiger charge is 2.39. The minimum absolute atomic E-state index is 0.147. The van der Waals surface area contributed by atoms with Crippen molar-refractivity contribution >= 4 is 16.1 Å². The van der Waals surface area contributed by atoms with Gasteiger partial charge in [-0.2, -0.15) is 0 Å². The number of urea groups is 1. The number of nitrogens with one attached hydrogen (secondary N) is 1. The van der Waals surface area contributed by atoms with Crippen molar-refractivity contribution in [2.75, 3.05) is 33.4 Å². The molecular weight excluding hydrogens is 434 g/mol. The molecule has 2 amide bonds. The summed E-state index contributed by atoms with van der Waals surface area (Å²) >= 11 is 0. The van der Waals surface area contributed by atoms with Crippen LogP contribution < -0.4 is 19.0 Å². The molecule has 170 valence electrons. The van der Waals surface area contributed by atoms with Crippen molar-refractivity contribution in [1.29, 1.82) is 0 Å². The molecule has 2 heterocycles. The molecule has 2 aliphatic rings. The smallest absolute Gasteiger partial charge is 0.335 e. The van der Waals surface area contributed by atoms with E-state index in [0.29, 0.717) is 37.7 Å². The normalized spacial score (nSPS) is 18.0. The summed E-state index contributed by atoms with van der Waals surface area (Å²) < 4.78 is 40.4. The molecule has 1 atom stereocenters. The first-order valence-electron chi connectivity index (χ1n) is 10.2. The summed E-state index contributed by atoms with van der Waals surface area (Å²) in [5, 5.41) is 1.88. The van der Waals surface area contributed by atoms with Gasteiger partial charge in [0.25, 0.3) is 0 Å². The van der Waals surface area contributed by atoms with Gasteiger partial charge in [-0.1, -0.05) is 24.8 Å². The van der Waals surface area contributed by atoms with Crippen LogP contribution in [0.25, 0.3) is 0 Å². The van der Waals surface area contributed by atoms with Crippen LogP contribution in [-0.2, 0) is 16.4 Å². The molecule has 1 fully saturated rings. The zero-order valence-electron chi connectivity index (χ0n) is 17.7. The van der Waals surface area contributed by atoms with Gasteiger partial charge in [-0.3, -0.25) is 0 Å². The van der Waals surface area contributed by atoms with Crippen LogP contribution >= 0.6 is 0 Å². The lowest BCUT2D eigenvalue weighted by Crippen LogP contribution is -2.44. The van der Waals surface area contributed by atoms with Crippen LogP contribution in [0.15, 0.2) is 54.5 Å². The third-order valence-electron chi connectivity index (χ3n) is 5.42. The van der Waals surface area contributed by atoms with Gasteiger partial charge in [-0.15, -0.1) is 4.83 Å². The lowest BCUT2D eigenvalue weighted by atomic mass is 10.0. The minimum Gasteiger partial charge on any atom is -0.497 e. The molecule has 0 radical (unpaired) electrons. The molecule has 0 bridgehead atoms. The van der Waals surface area contributed by atoms with Gasteiger partial charge in [0, 0.05) is 12.0 Å². The number of hydrogen-bond acceptors (Lipinski definition) is 6. The minimum atomic E-state index is -3.82. The second kappa shape index (κ2) is 9.09. The predicted octanol–water partition coefficient (Wildman–Crippen LogP) is 2.47. The first kappa shape index (κ1) is 22.0. The number of benzene rings is 2. The summed E-state index contributed by atoms with van der Waals surface area (Å²) in [5.41, 5.74) is 1.86. The number of hydrogen-bond donors (Lipinski definition) is 1. The second-order valence-electron chi connectivity index (χ2n) is 7.41. The number of ether oxygens (including phenoxy) is 3. The van der Waals surface area contributed by atoms with Crippen LogP contribution in [0.5, 0.6) is 17.2 Å². The van der Waals surface area contributed by atoms with Gasteiger partial charge in [0.15, 0.2) is 11.5 Å². The lowest BCUT2D eigenvalue weighted by Gasteiger charge is -2.25. The van der Waals surface area contributed by atoms with Gasteiger partial charge in [0.2, 0.25) is 10.0 Å². The van der Waals surface area contributed by atoms with E-state index in [-0.39, 0.29) is 12.6 Å². The summed E-state index contributed by atoms with van der Waals surface area (Å²) in [6, 6.07) is 12.3. The van der Waals surface area contributed by atoms with E-state index in [1.165, 1.54) is 0 Å². The molecule has 0 saturated carbocycles. The Balaban J connectivity index is 1.58. The topological polar surface area (TPSA) is 97.4 Å². The Morgan fingerprint density at radius 1 is 1.16 bits per heavy atom. The molecule has 32 heavy (non-hydrogen) atoms. The predicted molar refractivity (Wildman–Crippen MR) is 118 cm³/mol. The third-order valence-corrected chi connectivity index (χ3v) is 6.33. The maximum Gasteiger partial charge on any atom is 0.335 e. The second-order valence-corrected chi connectivity index (χ2v) is 9.01. The molecule has 0 spiro atoms. The van der Waals surface area contributed by atoms with Crippen molar-refractivity contribution in [3.63, 3.8) is 0 Å². The zero-order chi connectivity index (χ0) is 22.7. The molecule has 1 saturated heterocycles. The first-order valence-corrected chi connectivity index (χ1v) is 11.7.